The Hall–Kier alpha value is -4.90. The number of amides is 2. The Bertz CT molecular complexity index is 1820. The lowest BCUT2D eigenvalue weighted by Crippen LogP contribution is -2.53. The summed E-state index contributed by atoms with van der Waals surface area (Å²) < 4.78 is 54.8. The summed E-state index contributed by atoms with van der Waals surface area (Å²) in [6.07, 6.45) is 0.202. The molecular weight excluding hydrogens is 633 g/mol. The van der Waals surface area contributed by atoms with Crippen molar-refractivity contribution in [1.82, 2.24) is 10.2 Å². The fourth-order valence-electron chi connectivity index (χ4n) is 5.31. The quantitative estimate of drug-likeness (QED) is 0.201. The molecule has 1 aliphatic rings. The molecule has 1 heterocycles. The van der Waals surface area contributed by atoms with Crippen molar-refractivity contribution in [1.29, 1.82) is 0 Å². The van der Waals surface area contributed by atoms with Crippen molar-refractivity contribution >= 4 is 27.5 Å². The highest BCUT2D eigenvalue weighted by molar-refractivity contribution is 7.92. The molecule has 0 spiro atoms. The Morgan fingerprint density at radius 3 is 2.19 bits per heavy atom. The lowest BCUT2D eigenvalue weighted by Gasteiger charge is -2.34. The number of fused-ring (bicyclic) bond motifs is 1. The summed E-state index contributed by atoms with van der Waals surface area (Å²) in [5.41, 5.74) is 2.72. The van der Waals surface area contributed by atoms with Crippen LogP contribution in [0.1, 0.15) is 30.5 Å². The van der Waals surface area contributed by atoms with Crippen LogP contribution >= 0.6 is 0 Å². The molecule has 4 aromatic carbocycles. The Kier molecular flexibility index (Phi) is 11.0. The average molecular weight is 674 g/mol. The first-order valence-electron chi connectivity index (χ1n) is 15.9. The third-order valence-corrected chi connectivity index (χ3v) is 9.69. The van der Waals surface area contributed by atoms with E-state index < -0.39 is 34.3 Å². The topological polar surface area (TPSA) is 105 Å². The zero-order valence-electron chi connectivity index (χ0n) is 27.3. The first-order chi connectivity index (χ1) is 23.0. The molecule has 0 aromatic heterocycles. The number of nitrogens with one attached hydrogen (secondary N) is 1. The van der Waals surface area contributed by atoms with Crippen LogP contribution in [0.5, 0.6) is 11.5 Å². The number of carbonyl (C=O) groups is 2. The van der Waals surface area contributed by atoms with Crippen LogP contribution in [0.15, 0.2) is 102 Å². The molecule has 0 bridgehead atoms. The molecule has 2 amide bonds. The number of hydrogen-bond acceptors (Lipinski definition) is 6. The maximum atomic E-state index is 14.6. The molecule has 4 aromatic rings. The molecule has 9 nitrogen and oxygen atoms in total. The minimum absolute atomic E-state index is 0.0487. The van der Waals surface area contributed by atoms with E-state index in [0.29, 0.717) is 18.9 Å². The van der Waals surface area contributed by atoms with Crippen molar-refractivity contribution in [3.63, 3.8) is 0 Å². The molecule has 1 aliphatic heterocycles. The summed E-state index contributed by atoms with van der Waals surface area (Å²) in [6, 6.07) is 25.1. The Morgan fingerprint density at radius 2 is 1.52 bits per heavy atom. The molecule has 1 unspecified atom stereocenters. The second kappa shape index (κ2) is 15.3. The van der Waals surface area contributed by atoms with Crippen LogP contribution in [0.25, 0.3) is 0 Å². The van der Waals surface area contributed by atoms with Gasteiger partial charge in [-0.05, 0) is 60.4 Å². The lowest BCUT2D eigenvalue weighted by atomic mass is 10.0. The minimum atomic E-state index is -4.41. The summed E-state index contributed by atoms with van der Waals surface area (Å²) in [4.78, 5) is 29.8. The molecule has 1 atom stereocenters. The molecule has 0 saturated carbocycles. The van der Waals surface area contributed by atoms with E-state index in [2.05, 4.69) is 5.32 Å². The van der Waals surface area contributed by atoms with Gasteiger partial charge in [-0.2, -0.15) is 0 Å². The maximum Gasteiger partial charge on any atom is 0.264 e. The zero-order chi connectivity index (χ0) is 34.3. The van der Waals surface area contributed by atoms with Crippen LogP contribution in [-0.2, 0) is 32.6 Å². The van der Waals surface area contributed by atoms with Crippen molar-refractivity contribution in [2.75, 3.05) is 30.6 Å². The van der Waals surface area contributed by atoms with Gasteiger partial charge in [0, 0.05) is 25.6 Å². The SMILES string of the molecule is Cc1ccc(CN(C(=O)CN(c2ccc(F)cc2)S(=O)(=O)c2ccc3c(c2)OCCO3)C(Cc2ccccc2)C(=O)NCC(C)C)cc1. The van der Waals surface area contributed by atoms with Gasteiger partial charge in [0.25, 0.3) is 10.0 Å². The van der Waals surface area contributed by atoms with Crippen LogP contribution in [0.3, 0.4) is 0 Å². The molecule has 1 N–H and O–H groups in total. The predicted molar refractivity (Wildman–Crippen MR) is 182 cm³/mol. The van der Waals surface area contributed by atoms with Crippen molar-refractivity contribution in [3.05, 3.63) is 120 Å². The molecule has 0 fully saturated rings. The zero-order valence-corrected chi connectivity index (χ0v) is 28.1. The van der Waals surface area contributed by atoms with Crippen LogP contribution in [0.4, 0.5) is 10.1 Å². The molecule has 0 aliphatic carbocycles. The highest BCUT2D eigenvalue weighted by atomic mass is 32.2. The van der Waals surface area contributed by atoms with Gasteiger partial charge in [-0.25, -0.2) is 12.8 Å². The molecule has 0 saturated heterocycles. The number of sulfonamides is 1. The molecular formula is C37H40FN3O6S. The summed E-state index contributed by atoms with van der Waals surface area (Å²) in [6.45, 7) is 6.29. The fourth-order valence-corrected chi connectivity index (χ4v) is 6.74. The maximum absolute atomic E-state index is 14.6. The largest absolute Gasteiger partial charge is 0.486 e. The Labute approximate surface area is 281 Å². The van der Waals surface area contributed by atoms with Crippen molar-refractivity contribution < 1.29 is 31.9 Å². The smallest absolute Gasteiger partial charge is 0.264 e. The van der Waals surface area contributed by atoms with Gasteiger partial charge in [0.1, 0.15) is 31.6 Å². The summed E-state index contributed by atoms with van der Waals surface area (Å²) in [5.74, 6) is -0.689. The van der Waals surface area contributed by atoms with Crippen LogP contribution in [-0.4, -0.2) is 57.5 Å². The van der Waals surface area contributed by atoms with E-state index in [1.54, 1.807) is 0 Å². The molecule has 5 rings (SSSR count). The first-order valence-corrected chi connectivity index (χ1v) is 17.3. The number of nitrogens with zero attached hydrogens (tertiary/aromatic N) is 2. The standard InChI is InChI=1S/C37H40FN3O6S/c1-26(2)23-39-37(43)33(21-28-7-5-4-6-8-28)40(24-29-11-9-27(3)10-12-29)36(42)25-41(31-15-13-30(38)14-16-31)48(44,45)32-17-18-34-35(22-32)47-20-19-46-34/h4-18,22,26,33H,19-21,23-25H2,1-3H3,(H,39,43). The van der Waals surface area contributed by atoms with E-state index >= 15 is 0 Å². The van der Waals surface area contributed by atoms with Crippen molar-refractivity contribution in [3.8, 4) is 11.5 Å². The highest BCUT2D eigenvalue weighted by Gasteiger charge is 2.35. The predicted octanol–water partition coefficient (Wildman–Crippen LogP) is 5.51. The number of carbonyl (C=O) groups excluding carboxylic acids is 2. The van der Waals surface area contributed by atoms with Crippen LogP contribution in [0.2, 0.25) is 0 Å². The number of aryl methyl sites for hydroxylation is 1. The molecule has 11 heteroatoms. The monoisotopic (exact) mass is 673 g/mol. The summed E-state index contributed by atoms with van der Waals surface area (Å²) in [5, 5.41) is 2.98. The van der Waals surface area contributed by atoms with E-state index in [0.717, 1.165) is 33.1 Å². The molecule has 252 valence electrons. The highest BCUT2D eigenvalue weighted by Crippen LogP contribution is 2.34. The number of ether oxygens (including phenoxy) is 2. The van der Waals surface area contributed by atoms with Crippen molar-refractivity contribution in [2.24, 2.45) is 5.92 Å². The van der Waals surface area contributed by atoms with Gasteiger partial charge in [0.15, 0.2) is 11.5 Å². The van der Waals surface area contributed by atoms with Gasteiger partial charge < -0.3 is 19.7 Å². The average Bonchev–Trinajstić information content (AvgIpc) is 3.09. The van der Waals surface area contributed by atoms with E-state index in [1.165, 1.54) is 35.2 Å². The fraction of sp³-hybridized carbons (Fsp3) is 0.297. The number of anilines is 1. The third kappa shape index (κ3) is 8.51. The third-order valence-electron chi connectivity index (χ3n) is 7.92. The molecule has 0 radical (unpaired) electrons. The van der Waals surface area contributed by atoms with E-state index in [4.69, 9.17) is 9.47 Å². The number of rotatable bonds is 13. The van der Waals surface area contributed by atoms with E-state index in [1.807, 2.05) is 75.4 Å². The van der Waals surface area contributed by atoms with Gasteiger partial charge in [0.05, 0.1) is 10.6 Å². The number of halogens is 1. The summed E-state index contributed by atoms with van der Waals surface area (Å²) >= 11 is 0. The Morgan fingerprint density at radius 1 is 0.854 bits per heavy atom. The first kappa shape index (κ1) is 34.4. The van der Waals surface area contributed by atoms with Crippen molar-refractivity contribution in [2.45, 2.75) is 44.7 Å². The van der Waals surface area contributed by atoms with Gasteiger partial charge in [0.2, 0.25) is 11.8 Å². The lowest BCUT2D eigenvalue weighted by molar-refractivity contribution is -0.140. The second-order valence-corrected chi connectivity index (χ2v) is 14.0. The van der Waals surface area contributed by atoms with Gasteiger partial charge in [-0.3, -0.25) is 13.9 Å². The molecule has 48 heavy (non-hydrogen) atoms. The van der Waals surface area contributed by atoms with Gasteiger partial charge >= 0.3 is 0 Å². The normalized spacial score (nSPS) is 13.1. The van der Waals surface area contributed by atoms with E-state index in [9.17, 15) is 22.4 Å². The number of benzene rings is 4. The second-order valence-electron chi connectivity index (χ2n) is 12.1. The van der Waals surface area contributed by atoms with Gasteiger partial charge in [-0.1, -0.05) is 74.0 Å². The van der Waals surface area contributed by atoms with Crippen LogP contribution < -0.4 is 19.1 Å². The van der Waals surface area contributed by atoms with Gasteiger partial charge in [-0.15, -0.1) is 0 Å². The van der Waals surface area contributed by atoms with Crippen LogP contribution in [0, 0.1) is 18.7 Å². The minimum Gasteiger partial charge on any atom is -0.486 e. The summed E-state index contributed by atoms with van der Waals surface area (Å²) in [7, 11) is -4.41. The van der Waals surface area contributed by atoms with E-state index in [-0.39, 0.29) is 47.7 Å². The Balaban J connectivity index is 1.56. The number of hydrogen-bond donors (Lipinski definition) is 1.